The first-order chi connectivity index (χ1) is 9.68. The van der Waals surface area contributed by atoms with E-state index < -0.39 is 0 Å². The molecule has 0 saturated heterocycles. The second kappa shape index (κ2) is 5.52. The van der Waals surface area contributed by atoms with Crippen molar-refractivity contribution in [2.24, 2.45) is 0 Å². The lowest BCUT2D eigenvalue weighted by Crippen LogP contribution is -2.20. The van der Waals surface area contributed by atoms with Crippen LogP contribution in [0, 0.1) is 0 Å². The number of amides is 2. The molecule has 2 amide bonds. The fraction of sp³-hybridized carbons (Fsp3) is 0. The van der Waals surface area contributed by atoms with Gasteiger partial charge in [0.15, 0.2) is 0 Å². The van der Waals surface area contributed by atoms with Gasteiger partial charge in [-0.1, -0.05) is 35.9 Å². The van der Waals surface area contributed by atoms with Crippen molar-refractivity contribution in [2.75, 3.05) is 0 Å². The Bertz CT molecular complexity index is 670. The van der Waals surface area contributed by atoms with Crippen molar-refractivity contribution in [2.45, 2.75) is 4.90 Å². The maximum atomic E-state index is 12.2. The first kappa shape index (κ1) is 13.5. The van der Waals surface area contributed by atoms with Crippen LogP contribution in [0.5, 0.6) is 0 Å². The molecule has 0 aromatic heterocycles. The van der Waals surface area contributed by atoms with Crippen molar-refractivity contribution < 1.29 is 9.59 Å². The lowest BCUT2D eigenvalue weighted by Gasteiger charge is -2.11. The topological polar surface area (TPSA) is 37.4 Å². The molecule has 0 unspecified atom stereocenters. The zero-order valence-corrected chi connectivity index (χ0v) is 12.5. The number of hydrogen-bond acceptors (Lipinski definition) is 4. The third-order valence-electron chi connectivity index (χ3n) is 2.80. The van der Waals surface area contributed by atoms with E-state index in [9.17, 15) is 9.59 Å². The SMILES string of the molecule is O=C1c2ccccc2C(=O)N1SSc1ccccc1Cl. The fourth-order valence-corrected chi connectivity index (χ4v) is 4.29. The first-order valence-electron chi connectivity index (χ1n) is 5.75. The van der Waals surface area contributed by atoms with Gasteiger partial charge in [-0.25, -0.2) is 4.31 Å². The second-order valence-corrected chi connectivity index (χ2v) is 6.51. The molecule has 0 atom stereocenters. The molecule has 20 heavy (non-hydrogen) atoms. The lowest BCUT2D eigenvalue weighted by molar-refractivity contribution is 0.0779. The number of nitrogens with zero attached hydrogens (tertiary/aromatic N) is 1. The molecule has 2 aromatic rings. The quantitative estimate of drug-likeness (QED) is 0.480. The van der Waals surface area contributed by atoms with Gasteiger partial charge >= 0.3 is 0 Å². The van der Waals surface area contributed by atoms with Crippen molar-refractivity contribution in [3.8, 4) is 0 Å². The fourth-order valence-electron chi connectivity index (χ4n) is 1.82. The molecular weight excluding hydrogens is 314 g/mol. The van der Waals surface area contributed by atoms with E-state index in [1.165, 1.54) is 15.1 Å². The van der Waals surface area contributed by atoms with Gasteiger partial charge in [0.05, 0.1) is 16.1 Å². The molecule has 100 valence electrons. The highest BCUT2D eigenvalue weighted by Crippen LogP contribution is 2.41. The molecule has 0 spiro atoms. The Labute approximate surface area is 128 Å². The number of benzene rings is 2. The van der Waals surface area contributed by atoms with Gasteiger partial charge in [0.2, 0.25) is 0 Å². The number of fused-ring (bicyclic) bond motifs is 1. The molecule has 6 heteroatoms. The van der Waals surface area contributed by atoms with E-state index in [1.807, 2.05) is 18.2 Å². The average molecular weight is 322 g/mol. The molecule has 1 aliphatic heterocycles. The van der Waals surface area contributed by atoms with Gasteiger partial charge < -0.3 is 0 Å². The van der Waals surface area contributed by atoms with Crippen LogP contribution in [-0.2, 0) is 0 Å². The monoisotopic (exact) mass is 321 g/mol. The van der Waals surface area contributed by atoms with Gasteiger partial charge in [0.1, 0.15) is 0 Å². The number of carbonyl (C=O) groups excluding carboxylic acids is 2. The number of hydrogen-bond donors (Lipinski definition) is 0. The summed E-state index contributed by atoms with van der Waals surface area (Å²) in [4.78, 5) is 25.1. The minimum Gasteiger partial charge on any atom is -0.268 e. The Hall–Kier alpha value is -1.43. The minimum atomic E-state index is -0.282. The maximum Gasteiger partial charge on any atom is 0.272 e. The summed E-state index contributed by atoms with van der Waals surface area (Å²) in [6.45, 7) is 0. The predicted octanol–water partition coefficient (Wildman–Crippen LogP) is 4.29. The van der Waals surface area contributed by atoms with Crippen LogP contribution in [0.4, 0.5) is 0 Å². The highest BCUT2D eigenvalue weighted by Gasteiger charge is 2.36. The zero-order chi connectivity index (χ0) is 14.1. The normalized spacial score (nSPS) is 13.8. The third-order valence-corrected chi connectivity index (χ3v) is 5.54. The van der Waals surface area contributed by atoms with E-state index in [2.05, 4.69) is 0 Å². The highest BCUT2D eigenvalue weighted by molar-refractivity contribution is 8.76. The van der Waals surface area contributed by atoms with Crippen LogP contribution in [-0.4, -0.2) is 16.1 Å². The summed E-state index contributed by atoms with van der Waals surface area (Å²) in [6.07, 6.45) is 0. The van der Waals surface area contributed by atoms with Crippen LogP contribution in [0.25, 0.3) is 0 Å². The molecule has 0 radical (unpaired) electrons. The molecular formula is C14H8ClNO2S2. The molecule has 0 saturated carbocycles. The summed E-state index contributed by atoms with van der Waals surface area (Å²) in [5, 5.41) is 0.599. The number of rotatable bonds is 3. The Balaban J connectivity index is 1.79. The number of imide groups is 1. The van der Waals surface area contributed by atoms with Crippen molar-refractivity contribution in [1.29, 1.82) is 0 Å². The molecule has 1 heterocycles. The summed E-state index contributed by atoms with van der Waals surface area (Å²) >= 11 is 6.05. The van der Waals surface area contributed by atoms with Crippen LogP contribution < -0.4 is 0 Å². The van der Waals surface area contributed by atoms with E-state index in [4.69, 9.17) is 11.6 Å². The maximum absolute atomic E-state index is 12.2. The summed E-state index contributed by atoms with van der Waals surface area (Å²) in [7, 11) is 2.38. The molecule has 3 rings (SSSR count). The van der Waals surface area contributed by atoms with Crippen molar-refractivity contribution in [1.82, 2.24) is 4.31 Å². The average Bonchev–Trinajstić information content (AvgIpc) is 2.71. The summed E-state index contributed by atoms with van der Waals surface area (Å²) in [5.41, 5.74) is 0.898. The van der Waals surface area contributed by atoms with Gasteiger partial charge in [-0.15, -0.1) is 0 Å². The Morgan fingerprint density at radius 3 is 2.00 bits per heavy atom. The highest BCUT2D eigenvalue weighted by atomic mass is 35.5. The molecule has 3 nitrogen and oxygen atoms in total. The van der Waals surface area contributed by atoms with E-state index in [0.717, 1.165) is 15.9 Å². The van der Waals surface area contributed by atoms with Gasteiger partial charge in [-0.2, -0.15) is 0 Å². The van der Waals surface area contributed by atoms with Crippen molar-refractivity contribution in [3.05, 3.63) is 64.7 Å². The Kier molecular flexibility index (Phi) is 3.74. The van der Waals surface area contributed by atoms with Gasteiger partial charge in [0.25, 0.3) is 11.8 Å². The van der Waals surface area contributed by atoms with E-state index in [0.29, 0.717) is 16.1 Å². The minimum absolute atomic E-state index is 0.282. The van der Waals surface area contributed by atoms with Crippen LogP contribution in [0.15, 0.2) is 53.4 Å². The van der Waals surface area contributed by atoms with E-state index in [-0.39, 0.29) is 11.8 Å². The first-order valence-corrected chi connectivity index (χ1v) is 8.24. The van der Waals surface area contributed by atoms with Crippen LogP contribution in [0.3, 0.4) is 0 Å². The molecule has 0 N–H and O–H groups in total. The third kappa shape index (κ3) is 2.32. The van der Waals surface area contributed by atoms with E-state index in [1.54, 1.807) is 30.3 Å². The van der Waals surface area contributed by atoms with E-state index >= 15 is 0 Å². The molecule has 2 aromatic carbocycles. The van der Waals surface area contributed by atoms with Crippen molar-refractivity contribution in [3.63, 3.8) is 0 Å². The number of carbonyl (C=O) groups is 2. The second-order valence-electron chi connectivity index (χ2n) is 4.04. The van der Waals surface area contributed by atoms with Gasteiger partial charge in [0, 0.05) is 15.9 Å². The standard InChI is InChI=1S/C14H8ClNO2S2/c15-11-7-3-4-8-12(11)19-20-16-13(17)9-5-1-2-6-10(9)14(16)18/h1-8H. The van der Waals surface area contributed by atoms with Gasteiger partial charge in [-0.3, -0.25) is 9.59 Å². The Morgan fingerprint density at radius 1 is 0.850 bits per heavy atom. The number of halogens is 1. The Morgan fingerprint density at radius 2 is 1.40 bits per heavy atom. The van der Waals surface area contributed by atoms with Crippen LogP contribution in [0.1, 0.15) is 20.7 Å². The molecule has 1 aliphatic rings. The largest absolute Gasteiger partial charge is 0.272 e. The zero-order valence-electron chi connectivity index (χ0n) is 10.1. The molecule has 0 fully saturated rings. The molecule has 0 aliphatic carbocycles. The van der Waals surface area contributed by atoms with Crippen molar-refractivity contribution >= 4 is 45.2 Å². The predicted molar refractivity (Wildman–Crippen MR) is 81.8 cm³/mol. The molecule has 0 bridgehead atoms. The summed E-state index contributed by atoms with van der Waals surface area (Å²) in [6, 6.07) is 14.1. The lowest BCUT2D eigenvalue weighted by atomic mass is 10.1. The summed E-state index contributed by atoms with van der Waals surface area (Å²) < 4.78 is 1.17. The van der Waals surface area contributed by atoms with Gasteiger partial charge in [-0.05, 0) is 35.1 Å². The van der Waals surface area contributed by atoms with Crippen LogP contribution in [0.2, 0.25) is 5.02 Å². The summed E-state index contributed by atoms with van der Waals surface area (Å²) in [5.74, 6) is -0.565. The smallest absolute Gasteiger partial charge is 0.268 e. The van der Waals surface area contributed by atoms with Crippen LogP contribution >= 0.6 is 33.4 Å².